The molecule has 1 unspecified atom stereocenters. The van der Waals surface area contributed by atoms with Gasteiger partial charge in [0, 0.05) is 6.42 Å². The average molecular weight is 303 g/mol. The first kappa shape index (κ1) is 14.4. The molecule has 1 aliphatic rings. The van der Waals surface area contributed by atoms with Crippen molar-refractivity contribution >= 4 is 22.0 Å². The summed E-state index contributed by atoms with van der Waals surface area (Å²) in [6.07, 6.45) is 0.160. The van der Waals surface area contributed by atoms with Crippen LogP contribution < -0.4 is 4.72 Å². The molecule has 0 saturated carbocycles. The molecule has 2 rings (SSSR count). The van der Waals surface area contributed by atoms with Crippen LogP contribution in [0.3, 0.4) is 0 Å². The first-order valence-electron chi connectivity index (χ1n) is 5.53. The lowest BCUT2D eigenvalue weighted by molar-refractivity contribution is -0.139. The zero-order chi connectivity index (χ0) is 14.9. The zero-order valence-corrected chi connectivity index (χ0v) is 10.8. The van der Waals surface area contributed by atoms with Gasteiger partial charge in [-0.15, -0.1) is 0 Å². The fourth-order valence-electron chi connectivity index (χ4n) is 1.71. The van der Waals surface area contributed by atoms with E-state index in [2.05, 4.69) is 4.74 Å². The van der Waals surface area contributed by atoms with Gasteiger partial charge >= 0.3 is 11.9 Å². The van der Waals surface area contributed by atoms with Crippen LogP contribution in [0.2, 0.25) is 0 Å². The molecule has 9 heteroatoms. The van der Waals surface area contributed by atoms with E-state index in [0.717, 1.165) is 12.1 Å². The first-order chi connectivity index (χ1) is 9.31. The van der Waals surface area contributed by atoms with Crippen LogP contribution in [0.25, 0.3) is 0 Å². The van der Waals surface area contributed by atoms with Crippen LogP contribution in [0.1, 0.15) is 16.8 Å². The summed E-state index contributed by atoms with van der Waals surface area (Å²) in [4.78, 5) is 21.1. The number of aromatic carboxylic acids is 1. The topological polar surface area (TPSA) is 110 Å². The number of carboxylic acid groups (broad SMARTS) is 1. The summed E-state index contributed by atoms with van der Waals surface area (Å²) >= 11 is 0. The SMILES string of the molecule is O=C(O)c1ccc(S(=O)(=O)NC2CCOC2=O)c(F)c1. The van der Waals surface area contributed by atoms with Gasteiger partial charge in [-0.05, 0) is 18.2 Å². The molecule has 108 valence electrons. The molecular weight excluding hydrogens is 293 g/mol. The van der Waals surface area contributed by atoms with Crippen LogP contribution in [0, 0.1) is 5.82 Å². The number of rotatable bonds is 4. The molecule has 0 radical (unpaired) electrons. The molecule has 0 bridgehead atoms. The number of benzene rings is 1. The van der Waals surface area contributed by atoms with Gasteiger partial charge in [-0.2, -0.15) is 4.72 Å². The maximum Gasteiger partial charge on any atom is 0.335 e. The summed E-state index contributed by atoms with van der Waals surface area (Å²) in [5.74, 6) is -3.31. The summed E-state index contributed by atoms with van der Waals surface area (Å²) in [5.41, 5.74) is -0.373. The number of ether oxygens (including phenoxy) is 1. The number of halogens is 1. The summed E-state index contributed by atoms with van der Waals surface area (Å²) < 4.78 is 44.1. The van der Waals surface area contributed by atoms with E-state index in [-0.39, 0.29) is 18.6 Å². The minimum Gasteiger partial charge on any atom is -0.478 e. The van der Waals surface area contributed by atoms with E-state index in [1.54, 1.807) is 0 Å². The second-order valence-electron chi connectivity index (χ2n) is 4.08. The van der Waals surface area contributed by atoms with Gasteiger partial charge in [-0.3, -0.25) is 4.79 Å². The summed E-state index contributed by atoms with van der Waals surface area (Å²) in [7, 11) is -4.27. The van der Waals surface area contributed by atoms with E-state index in [1.807, 2.05) is 4.72 Å². The smallest absolute Gasteiger partial charge is 0.335 e. The molecule has 1 aromatic carbocycles. The van der Waals surface area contributed by atoms with E-state index in [9.17, 15) is 22.4 Å². The van der Waals surface area contributed by atoms with Gasteiger partial charge in [-0.25, -0.2) is 17.6 Å². The molecule has 2 N–H and O–H groups in total. The predicted molar refractivity (Wildman–Crippen MR) is 63.0 cm³/mol. The highest BCUT2D eigenvalue weighted by atomic mass is 32.2. The van der Waals surface area contributed by atoms with Gasteiger partial charge in [0.25, 0.3) is 0 Å². The lowest BCUT2D eigenvalue weighted by Crippen LogP contribution is -2.38. The third-order valence-electron chi connectivity index (χ3n) is 2.70. The number of cyclic esters (lactones) is 1. The number of hydrogen-bond donors (Lipinski definition) is 2. The molecule has 0 aliphatic carbocycles. The van der Waals surface area contributed by atoms with Crippen molar-refractivity contribution in [2.24, 2.45) is 0 Å². The zero-order valence-electron chi connectivity index (χ0n) is 10.00. The third kappa shape index (κ3) is 2.78. The highest BCUT2D eigenvalue weighted by Gasteiger charge is 2.32. The minimum atomic E-state index is -4.27. The normalized spacial score (nSPS) is 18.9. The second kappa shape index (κ2) is 5.17. The Hall–Kier alpha value is -2.00. The Morgan fingerprint density at radius 3 is 2.65 bits per heavy atom. The maximum atomic E-state index is 13.7. The van der Waals surface area contributed by atoms with Gasteiger partial charge in [0.05, 0.1) is 12.2 Å². The molecule has 1 aliphatic heterocycles. The molecule has 1 heterocycles. The van der Waals surface area contributed by atoms with E-state index in [4.69, 9.17) is 5.11 Å². The monoisotopic (exact) mass is 303 g/mol. The molecule has 0 spiro atoms. The predicted octanol–water partition coefficient (Wildman–Crippen LogP) is 0.118. The third-order valence-corrected chi connectivity index (χ3v) is 4.21. The van der Waals surface area contributed by atoms with Crippen molar-refractivity contribution in [1.82, 2.24) is 4.72 Å². The number of nitrogens with one attached hydrogen (secondary N) is 1. The molecule has 1 atom stereocenters. The van der Waals surface area contributed by atoms with E-state index in [0.29, 0.717) is 6.07 Å². The minimum absolute atomic E-state index is 0.0897. The highest BCUT2D eigenvalue weighted by Crippen LogP contribution is 2.18. The Bertz CT molecular complexity index is 671. The summed E-state index contributed by atoms with van der Waals surface area (Å²) in [6, 6.07) is 1.34. The van der Waals surface area contributed by atoms with Crippen LogP contribution >= 0.6 is 0 Å². The molecule has 1 saturated heterocycles. The largest absolute Gasteiger partial charge is 0.478 e. The Kier molecular flexibility index (Phi) is 3.73. The number of esters is 1. The standard InChI is InChI=1S/C11H10FNO6S/c12-7-5-6(10(14)15)1-2-9(7)20(17,18)13-8-3-4-19-11(8)16/h1-2,5,8,13H,3-4H2,(H,14,15). The fraction of sp³-hybridized carbons (Fsp3) is 0.273. The molecule has 1 aromatic rings. The van der Waals surface area contributed by atoms with Crippen molar-refractivity contribution in [2.75, 3.05) is 6.61 Å². The van der Waals surface area contributed by atoms with Crippen molar-refractivity contribution < 1.29 is 32.2 Å². The highest BCUT2D eigenvalue weighted by molar-refractivity contribution is 7.89. The number of carbonyl (C=O) groups excluding carboxylic acids is 1. The summed E-state index contributed by atoms with van der Waals surface area (Å²) in [5, 5.41) is 8.67. The van der Waals surface area contributed by atoms with Crippen molar-refractivity contribution in [2.45, 2.75) is 17.4 Å². The Morgan fingerprint density at radius 2 is 2.15 bits per heavy atom. The van der Waals surface area contributed by atoms with Crippen molar-refractivity contribution in [3.8, 4) is 0 Å². The molecule has 0 aromatic heterocycles. The number of hydrogen-bond acceptors (Lipinski definition) is 5. The maximum absolute atomic E-state index is 13.7. The molecule has 20 heavy (non-hydrogen) atoms. The van der Waals surface area contributed by atoms with Gasteiger partial charge < -0.3 is 9.84 Å². The average Bonchev–Trinajstić information content (AvgIpc) is 2.73. The van der Waals surface area contributed by atoms with Crippen LogP contribution in [-0.2, 0) is 19.6 Å². The van der Waals surface area contributed by atoms with E-state index in [1.165, 1.54) is 0 Å². The number of carboxylic acids is 1. The Balaban J connectivity index is 2.30. The fourth-order valence-corrected chi connectivity index (χ4v) is 2.98. The Labute approximate surface area is 113 Å². The van der Waals surface area contributed by atoms with E-state index < -0.39 is 38.7 Å². The first-order valence-corrected chi connectivity index (χ1v) is 7.01. The van der Waals surface area contributed by atoms with Crippen LogP contribution in [-0.4, -0.2) is 38.1 Å². The lowest BCUT2D eigenvalue weighted by Gasteiger charge is -2.10. The van der Waals surface area contributed by atoms with Crippen molar-refractivity contribution in [3.63, 3.8) is 0 Å². The van der Waals surface area contributed by atoms with Crippen molar-refractivity contribution in [1.29, 1.82) is 0 Å². The van der Waals surface area contributed by atoms with Crippen LogP contribution in [0.5, 0.6) is 0 Å². The Morgan fingerprint density at radius 1 is 1.45 bits per heavy atom. The lowest BCUT2D eigenvalue weighted by atomic mass is 10.2. The summed E-state index contributed by atoms with van der Waals surface area (Å²) in [6.45, 7) is 0.0897. The van der Waals surface area contributed by atoms with Gasteiger partial charge in [0.15, 0.2) is 0 Å². The number of carbonyl (C=O) groups is 2. The van der Waals surface area contributed by atoms with Gasteiger partial charge in [0.1, 0.15) is 16.8 Å². The number of sulfonamides is 1. The molecule has 0 amide bonds. The molecular formula is C11H10FNO6S. The second-order valence-corrected chi connectivity index (χ2v) is 5.76. The van der Waals surface area contributed by atoms with Crippen LogP contribution in [0.15, 0.2) is 23.1 Å². The molecule has 1 fully saturated rings. The van der Waals surface area contributed by atoms with Gasteiger partial charge in [-0.1, -0.05) is 0 Å². The molecule has 7 nitrogen and oxygen atoms in total. The van der Waals surface area contributed by atoms with Crippen molar-refractivity contribution in [3.05, 3.63) is 29.6 Å². The van der Waals surface area contributed by atoms with Gasteiger partial charge in [0.2, 0.25) is 10.0 Å². The van der Waals surface area contributed by atoms with Crippen LogP contribution in [0.4, 0.5) is 4.39 Å². The quantitative estimate of drug-likeness (QED) is 0.764. The van der Waals surface area contributed by atoms with E-state index >= 15 is 0 Å².